The van der Waals surface area contributed by atoms with Gasteiger partial charge in [-0.1, -0.05) is 23.9 Å². The number of benzene rings is 1. The van der Waals surface area contributed by atoms with Gasteiger partial charge in [0, 0.05) is 35.5 Å². The molecular formula is C15H11N5O3S2. The number of nitrogens with one attached hydrogen (secondary N) is 1. The fourth-order valence-electron chi connectivity index (χ4n) is 1.95. The number of rotatable bonds is 5. The Hall–Kier alpha value is -2.85. The number of aromatic nitrogens is 3. The van der Waals surface area contributed by atoms with Crippen molar-refractivity contribution in [2.24, 2.45) is 0 Å². The number of anilines is 1. The van der Waals surface area contributed by atoms with E-state index in [1.807, 2.05) is 6.26 Å². The molecule has 0 radical (unpaired) electrons. The topological polar surface area (TPSA) is 111 Å². The third kappa shape index (κ3) is 3.98. The SMILES string of the molecule is CSc1ncc(C(=O)Nc2nc(-c3cccc([N+](=O)[O-])c3)cs2)cn1. The Kier molecular flexibility index (Phi) is 5.00. The number of nitrogens with zero attached hydrogens (tertiary/aromatic N) is 4. The van der Waals surface area contributed by atoms with Crippen molar-refractivity contribution in [2.75, 3.05) is 11.6 Å². The Morgan fingerprint density at radius 2 is 2.08 bits per heavy atom. The van der Waals surface area contributed by atoms with Crippen LogP contribution in [-0.4, -0.2) is 32.0 Å². The maximum atomic E-state index is 12.2. The molecule has 2 aromatic heterocycles. The van der Waals surface area contributed by atoms with Crippen molar-refractivity contribution in [3.8, 4) is 11.3 Å². The number of carbonyl (C=O) groups is 1. The average Bonchev–Trinajstić information content (AvgIpc) is 3.10. The van der Waals surface area contributed by atoms with Crippen molar-refractivity contribution in [1.82, 2.24) is 15.0 Å². The Labute approximate surface area is 150 Å². The molecule has 25 heavy (non-hydrogen) atoms. The van der Waals surface area contributed by atoms with E-state index in [0.717, 1.165) is 0 Å². The van der Waals surface area contributed by atoms with Crippen LogP contribution >= 0.6 is 23.1 Å². The Morgan fingerprint density at radius 3 is 2.76 bits per heavy atom. The summed E-state index contributed by atoms with van der Waals surface area (Å²) in [6.07, 6.45) is 4.74. The van der Waals surface area contributed by atoms with Gasteiger partial charge >= 0.3 is 0 Å². The molecule has 1 aromatic carbocycles. The second-order valence-corrected chi connectivity index (χ2v) is 6.39. The first-order valence-electron chi connectivity index (χ1n) is 6.94. The number of thioether (sulfide) groups is 1. The lowest BCUT2D eigenvalue weighted by Crippen LogP contribution is -2.12. The van der Waals surface area contributed by atoms with Crippen molar-refractivity contribution in [3.05, 3.63) is 57.7 Å². The number of hydrogen-bond acceptors (Lipinski definition) is 8. The van der Waals surface area contributed by atoms with Crippen LogP contribution in [0, 0.1) is 10.1 Å². The fourth-order valence-corrected chi connectivity index (χ4v) is 2.98. The number of nitro benzene ring substituents is 1. The highest BCUT2D eigenvalue weighted by Gasteiger charge is 2.13. The number of hydrogen-bond donors (Lipinski definition) is 1. The second kappa shape index (κ2) is 7.36. The molecule has 1 N–H and O–H groups in total. The van der Waals surface area contributed by atoms with Crippen LogP contribution in [0.15, 0.2) is 47.2 Å². The molecule has 10 heteroatoms. The van der Waals surface area contributed by atoms with Crippen molar-refractivity contribution in [3.63, 3.8) is 0 Å². The van der Waals surface area contributed by atoms with E-state index in [1.54, 1.807) is 17.5 Å². The van der Waals surface area contributed by atoms with Gasteiger partial charge in [0.2, 0.25) is 0 Å². The van der Waals surface area contributed by atoms with Gasteiger partial charge in [-0.05, 0) is 6.26 Å². The molecule has 126 valence electrons. The summed E-state index contributed by atoms with van der Waals surface area (Å²) in [6.45, 7) is 0. The lowest BCUT2D eigenvalue weighted by Gasteiger charge is -2.01. The fraction of sp³-hybridized carbons (Fsp3) is 0.0667. The zero-order valence-electron chi connectivity index (χ0n) is 12.9. The van der Waals surface area contributed by atoms with E-state index in [9.17, 15) is 14.9 Å². The number of non-ortho nitro benzene ring substituents is 1. The standard InChI is InChI=1S/C15H11N5O3S2/c1-24-14-16-6-10(7-17-14)13(21)19-15-18-12(8-25-15)9-3-2-4-11(5-9)20(22)23/h2-8H,1H3,(H,18,19,21). The first-order chi connectivity index (χ1) is 12.1. The Balaban J connectivity index is 1.76. The molecule has 3 aromatic rings. The minimum absolute atomic E-state index is 0.0119. The van der Waals surface area contributed by atoms with Crippen molar-refractivity contribution >= 4 is 39.8 Å². The molecule has 1 amide bonds. The van der Waals surface area contributed by atoms with Gasteiger partial charge in [0.1, 0.15) is 0 Å². The molecule has 0 aliphatic carbocycles. The average molecular weight is 373 g/mol. The number of amides is 1. The highest BCUT2D eigenvalue weighted by molar-refractivity contribution is 7.98. The summed E-state index contributed by atoms with van der Waals surface area (Å²) in [4.78, 5) is 35.0. The van der Waals surface area contributed by atoms with Gasteiger partial charge in [-0.3, -0.25) is 20.2 Å². The van der Waals surface area contributed by atoms with E-state index >= 15 is 0 Å². The third-order valence-electron chi connectivity index (χ3n) is 3.15. The van der Waals surface area contributed by atoms with E-state index in [0.29, 0.717) is 27.1 Å². The maximum Gasteiger partial charge on any atom is 0.270 e. The summed E-state index contributed by atoms with van der Waals surface area (Å²) in [6, 6.07) is 6.17. The van der Waals surface area contributed by atoms with Crippen LogP contribution in [0.2, 0.25) is 0 Å². The van der Waals surface area contributed by atoms with Crippen LogP contribution in [0.5, 0.6) is 0 Å². The van der Waals surface area contributed by atoms with Crippen molar-refractivity contribution in [1.29, 1.82) is 0 Å². The van der Waals surface area contributed by atoms with Crippen LogP contribution in [0.25, 0.3) is 11.3 Å². The number of carbonyl (C=O) groups excluding carboxylic acids is 1. The maximum absolute atomic E-state index is 12.2. The summed E-state index contributed by atoms with van der Waals surface area (Å²) >= 11 is 2.62. The number of nitro groups is 1. The van der Waals surface area contributed by atoms with Gasteiger partial charge in [0.25, 0.3) is 11.6 Å². The van der Waals surface area contributed by atoms with Crippen molar-refractivity contribution < 1.29 is 9.72 Å². The third-order valence-corrected chi connectivity index (χ3v) is 4.48. The first kappa shape index (κ1) is 17.0. The molecule has 0 saturated heterocycles. The second-order valence-electron chi connectivity index (χ2n) is 4.76. The van der Waals surface area contributed by atoms with Gasteiger partial charge in [-0.25, -0.2) is 15.0 Å². The summed E-state index contributed by atoms with van der Waals surface area (Å²) in [5.41, 5.74) is 1.48. The normalized spacial score (nSPS) is 10.4. The highest BCUT2D eigenvalue weighted by atomic mass is 32.2. The summed E-state index contributed by atoms with van der Waals surface area (Å²) in [5, 5.41) is 16.2. The van der Waals surface area contributed by atoms with Gasteiger partial charge in [0.15, 0.2) is 10.3 Å². The van der Waals surface area contributed by atoms with E-state index in [-0.39, 0.29) is 11.6 Å². The van der Waals surface area contributed by atoms with E-state index in [1.165, 1.54) is 47.6 Å². The zero-order chi connectivity index (χ0) is 17.8. The quantitative estimate of drug-likeness (QED) is 0.315. The molecule has 0 atom stereocenters. The molecule has 0 fully saturated rings. The van der Waals surface area contributed by atoms with Gasteiger partial charge in [-0.2, -0.15) is 0 Å². The first-order valence-corrected chi connectivity index (χ1v) is 9.05. The van der Waals surface area contributed by atoms with E-state index < -0.39 is 4.92 Å². The smallest absolute Gasteiger partial charge is 0.270 e. The van der Waals surface area contributed by atoms with Crippen molar-refractivity contribution in [2.45, 2.75) is 5.16 Å². The predicted octanol–water partition coefficient (Wildman–Crippen LogP) is 3.48. The predicted molar refractivity (Wildman–Crippen MR) is 96.0 cm³/mol. The molecule has 0 saturated carbocycles. The molecule has 8 nitrogen and oxygen atoms in total. The van der Waals surface area contributed by atoms with Gasteiger partial charge in [0.05, 0.1) is 16.2 Å². The van der Waals surface area contributed by atoms with Crippen LogP contribution in [0.1, 0.15) is 10.4 Å². The lowest BCUT2D eigenvalue weighted by molar-refractivity contribution is -0.384. The molecule has 0 spiro atoms. The Bertz CT molecular complexity index is 927. The molecule has 2 heterocycles. The van der Waals surface area contributed by atoms with Crippen LogP contribution in [-0.2, 0) is 0 Å². The number of thiazole rings is 1. The monoisotopic (exact) mass is 373 g/mol. The van der Waals surface area contributed by atoms with Gasteiger partial charge in [-0.15, -0.1) is 11.3 Å². The minimum Gasteiger partial charge on any atom is -0.298 e. The van der Waals surface area contributed by atoms with Crippen LogP contribution in [0.4, 0.5) is 10.8 Å². The molecule has 3 rings (SSSR count). The summed E-state index contributed by atoms with van der Waals surface area (Å²) in [5.74, 6) is -0.368. The lowest BCUT2D eigenvalue weighted by atomic mass is 10.1. The van der Waals surface area contributed by atoms with E-state index in [2.05, 4.69) is 20.3 Å². The highest BCUT2D eigenvalue weighted by Crippen LogP contribution is 2.27. The zero-order valence-corrected chi connectivity index (χ0v) is 14.5. The van der Waals surface area contributed by atoms with E-state index in [4.69, 9.17) is 0 Å². The van der Waals surface area contributed by atoms with Gasteiger partial charge < -0.3 is 0 Å². The largest absolute Gasteiger partial charge is 0.298 e. The Morgan fingerprint density at radius 1 is 1.32 bits per heavy atom. The van der Waals surface area contributed by atoms with Crippen LogP contribution in [0.3, 0.4) is 0 Å². The molecule has 0 aliphatic rings. The van der Waals surface area contributed by atoms with Crippen LogP contribution < -0.4 is 5.32 Å². The molecule has 0 bridgehead atoms. The molecule has 0 aliphatic heterocycles. The molecule has 0 unspecified atom stereocenters. The molecular weight excluding hydrogens is 362 g/mol. The summed E-state index contributed by atoms with van der Waals surface area (Å²) in [7, 11) is 0. The summed E-state index contributed by atoms with van der Waals surface area (Å²) < 4.78 is 0. The minimum atomic E-state index is -0.462.